The Morgan fingerprint density at radius 2 is 2.16 bits per heavy atom. The number of aliphatic hydroxyl groups is 1. The standard InChI is InChI=1S/C13H15Cl2NO3/c14-11-3-1-10(12(15)9-11)2-4-13(18)16-5-7-19-8-6-17/h1-4,9,17H,5-8H2,(H,16,18)/b4-2+. The number of amides is 1. The van der Waals surface area contributed by atoms with Gasteiger partial charge in [0.2, 0.25) is 5.91 Å². The van der Waals surface area contributed by atoms with Gasteiger partial charge in [0, 0.05) is 22.7 Å². The van der Waals surface area contributed by atoms with E-state index in [2.05, 4.69) is 5.32 Å². The Hall–Kier alpha value is -1.07. The van der Waals surface area contributed by atoms with E-state index in [1.807, 2.05) is 0 Å². The normalized spacial score (nSPS) is 10.9. The molecule has 0 aliphatic rings. The fraction of sp³-hybridized carbons (Fsp3) is 0.308. The summed E-state index contributed by atoms with van der Waals surface area (Å²) in [6.45, 7) is 0.994. The van der Waals surface area contributed by atoms with E-state index in [9.17, 15) is 4.79 Å². The SMILES string of the molecule is O=C(/C=C/c1ccc(Cl)cc1Cl)NCCOCCO. The van der Waals surface area contributed by atoms with E-state index in [0.29, 0.717) is 23.2 Å². The van der Waals surface area contributed by atoms with Crippen molar-refractivity contribution in [3.8, 4) is 0 Å². The maximum atomic E-state index is 11.5. The average molecular weight is 304 g/mol. The molecule has 2 N–H and O–H groups in total. The van der Waals surface area contributed by atoms with Crippen molar-refractivity contribution in [1.82, 2.24) is 5.32 Å². The zero-order chi connectivity index (χ0) is 14.1. The lowest BCUT2D eigenvalue weighted by molar-refractivity contribution is -0.116. The smallest absolute Gasteiger partial charge is 0.244 e. The van der Waals surface area contributed by atoms with E-state index < -0.39 is 0 Å². The summed E-state index contributed by atoms with van der Waals surface area (Å²) in [7, 11) is 0. The van der Waals surface area contributed by atoms with E-state index in [4.69, 9.17) is 33.0 Å². The van der Waals surface area contributed by atoms with Crippen LogP contribution < -0.4 is 5.32 Å². The molecule has 0 atom stereocenters. The first-order valence-corrected chi connectivity index (χ1v) is 6.48. The predicted octanol–water partition coefficient (Wildman–Crippen LogP) is 2.13. The molecule has 1 amide bonds. The molecule has 0 fully saturated rings. The number of carbonyl (C=O) groups excluding carboxylic acids is 1. The molecule has 0 aliphatic carbocycles. The van der Waals surface area contributed by atoms with Crippen LogP contribution in [0.15, 0.2) is 24.3 Å². The van der Waals surface area contributed by atoms with Gasteiger partial charge in [0.1, 0.15) is 0 Å². The molecule has 104 valence electrons. The van der Waals surface area contributed by atoms with E-state index in [-0.39, 0.29) is 19.1 Å². The van der Waals surface area contributed by atoms with Crippen molar-refractivity contribution in [3.63, 3.8) is 0 Å². The van der Waals surface area contributed by atoms with Gasteiger partial charge in [-0.15, -0.1) is 0 Å². The van der Waals surface area contributed by atoms with E-state index in [1.54, 1.807) is 24.3 Å². The fourth-order valence-electron chi connectivity index (χ4n) is 1.27. The summed E-state index contributed by atoms with van der Waals surface area (Å²) in [5, 5.41) is 12.2. The van der Waals surface area contributed by atoms with Crippen molar-refractivity contribution in [3.05, 3.63) is 39.9 Å². The van der Waals surface area contributed by atoms with Gasteiger partial charge in [-0.1, -0.05) is 29.3 Å². The lowest BCUT2D eigenvalue weighted by Crippen LogP contribution is -2.25. The monoisotopic (exact) mass is 303 g/mol. The molecular weight excluding hydrogens is 289 g/mol. The number of rotatable bonds is 7. The van der Waals surface area contributed by atoms with Crippen LogP contribution in [-0.2, 0) is 9.53 Å². The van der Waals surface area contributed by atoms with Crippen LogP contribution in [0.25, 0.3) is 6.08 Å². The number of ether oxygens (including phenoxy) is 1. The van der Waals surface area contributed by atoms with Crippen molar-refractivity contribution < 1.29 is 14.6 Å². The number of nitrogens with one attached hydrogen (secondary N) is 1. The second kappa shape index (κ2) is 8.93. The van der Waals surface area contributed by atoms with Gasteiger partial charge in [0.25, 0.3) is 0 Å². The topological polar surface area (TPSA) is 58.6 Å². The summed E-state index contributed by atoms with van der Waals surface area (Å²) in [4.78, 5) is 11.5. The van der Waals surface area contributed by atoms with Crippen LogP contribution in [0.1, 0.15) is 5.56 Å². The molecule has 0 spiro atoms. The van der Waals surface area contributed by atoms with Gasteiger partial charge in [-0.25, -0.2) is 0 Å². The summed E-state index contributed by atoms with van der Waals surface area (Å²) in [6, 6.07) is 5.05. The van der Waals surface area contributed by atoms with Crippen LogP contribution in [0.4, 0.5) is 0 Å². The van der Waals surface area contributed by atoms with Crippen LogP contribution in [0.5, 0.6) is 0 Å². The van der Waals surface area contributed by atoms with Gasteiger partial charge < -0.3 is 15.2 Å². The highest BCUT2D eigenvalue weighted by atomic mass is 35.5. The summed E-state index contributed by atoms with van der Waals surface area (Å²) >= 11 is 11.7. The summed E-state index contributed by atoms with van der Waals surface area (Å²) < 4.78 is 5.00. The highest BCUT2D eigenvalue weighted by molar-refractivity contribution is 6.35. The Labute approximate surface area is 122 Å². The van der Waals surface area contributed by atoms with Crippen molar-refractivity contribution in [2.75, 3.05) is 26.4 Å². The van der Waals surface area contributed by atoms with Crippen molar-refractivity contribution in [1.29, 1.82) is 0 Å². The quantitative estimate of drug-likeness (QED) is 0.599. The molecule has 0 unspecified atom stereocenters. The first kappa shape index (κ1) is 16.0. The molecule has 0 bridgehead atoms. The Morgan fingerprint density at radius 3 is 2.84 bits per heavy atom. The second-order valence-electron chi connectivity index (χ2n) is 3.63. The Balaban J connectivity index is 2.37. The third kappa shape index (κ3) is 6.59. The molecule has 1 aromatic rings. The van der Waals surface area contributed by atoms with Crippen LogP contribution in [0, 0.1) is 0 Å². The highest BCUT2D eigenvalue weighted by Gasteiger charge is 1.99. The number of aliphatic hydroxyl groups excluding tert-OH is 1. The van der Waals surface area contributed by atoms with Gasteiger partial charge >= 0.3 is 0 Å². The van der Waals surface area contributed by atoms with E-state index >= 15 is 0 Å². The number of halogens is 2. The number of benzene rings is 1. The number of hydrogen-bond acceptors (Lipinski definition) is 3. The van der Waals surface area contributed by atoms with Crippen LogP contribution in [0.3, 0.4) is 0 Å². The minimum Gasteiger partial charge on any atom is -0.394 e. The molecule has 1 rings (SSSR count). The van der Waals surface area contributed by atoms with Crippen molar-refractivity contribution in [2.45, 2.75) is 0 Å². The fourth-order valence-corrected chi connectivity index (χ4v) is 1.75. The zero-order valence-corrected chi connectivity index (χ0v) is 11.7. The van der Waals surface area contributed by atoms with E-state index in [0.717, 1.165) is 5.56 Å². The average Bonchev–Trinajstić information content (AvgIpc) is 2.37. The second-order valence-corrected chi connectivity index (χ2v) is 4.47. The highest BCUT2D eigenvalue weighted by Crippen LogP contribution is 2.21. The summed E-state index contributed by atoms with van der Waals surface area (Å²) in [5.41, 5.74) is 0.720. The van der Waals surface area contributed by atoms with Gasteiger partial charge in [0.15, 0.2) is 0 Å². The molecule has 0 heterocycles. The molecule has 0 saturated heterocycles. The van der Waals surface area contributed by atoms with Crippen LogP contribution in [-0.4, -0.2) is 37.4 Å². The molecule has 4 nitrogen and oxygen atoms in total. The minimum atomic E-state index is -0.237. The first-order chi connectivity index (χ1) is 9.13. The molecule has 0 radical (unpaired) electrons. The third-order valence-corrected chi connectivity index (χ3v) is 2.72. The maximum Gasteiger partial charge on any atom is 0.244 e. The molecule has 0 saturated carbocycles. The Morgan fingerprint density at radius 1 is 1.37 bits per heavy atom. The predicted molar refractivity (Wildman–Crippen MR) is 76.4 cm³/mol. The van der Waals surface area contributed by atoms with Crippen molar-refractivity contribution in [2.24, 2.45) is 0 Å². The van der Waals surface area contributed by atoms with Gasteiger partial charge in [-0.05, 0) is 23.8 Å². The summed E-state index contributed by atoms with van der Waals surface area (Å²) in [6.07, 6.45) is 3.00. The maximum absolute atomic E-state index is 11.5. The molecular formula is C13H15Cl2NO3. The Kier molecular flexibility index (Phi) is 7.52. The molecule has 6 heteroatoms. The molecule has 1 aromatic carbocycles. The number of carbonyl (C=O) groups is 1. The third-order valence-electron chi connectivity index (χ3n) is 2.16. The van der Waals surface area contributed by atoms with Gasteiger partial charge in [-0.2, -0.15) is 0 Å². The van der Waals surface area contributed by atoms with E-state index in [1.165, 1.54) is 6.08 Å². The Bertz CT molecular complexity index is 450. The lowest BCUT2D eigenvalue weighted by atomic mass is 10.2. The zero-order valence-electron chi connectivity index (χ0n) is 10.2. The molecule has 19 heavy (non-hydrogen) atoms. The largest absolute Gasteiger partial charge is 0.394 e. The summed E-state index contributed by atoms with van der Waals surface area (Å²) in [5.74, 6) is -0.237. The van der Waals surface area contributed by atoms with Gasteiger partial charge in [-0.3, -0.25) is 4.79 Å². The van der Waals surface area contributed by atoms with Gasteiger partial charge in [0.05, 0.1) is 19.8 Å². The molecule has 0 aliphatic heterocycles. The van der Waals surface area contributed by atoms with Crippen molar-refractivity contribution >= 4 is 35.2 Å². The van der Waals surface area contributed by atoms with Crippen LogP contribution in [0.2, 0.25) is 10.0 Å². The minimum absolute atomic E-state index is 0.0249. The number of hydrogen-bond donors (Lipinski definition) is 2. The first-order valence-electron chi connectivity index (χ1n) is 5.73. The molecule has 0 aromatic heterocycles. The lowest BCUT2D eigenvalue weighted by Gasteiger charge is -2.03. The van der Waals surface area contributed by atoms with Crippen LogP contribution >= 0.6 is 23.2 Å².